The fourth-order valence-electron chi connectivity index (χ4n) is 9.17. The van der Waals surface area contributed by atoms with Gasteiger partial charge in [0, 0.05) is 55.7 Å². The van der Waals surface area contributed by atoms with Gasteiger partial charge in [0.25, 0.3) is 11.7 Å². The molecule has 3 N–H and O–H groups in total. The number of phenolic OH excluding ortho intramolecular Hbond substituents is 1. The van der Waals surface area contributed by atoms with Gasteiger partial charge in [-0.15, -0.1) is 0 Å². The number of aromatic hydroxyl groups is 1. The van der Waals surface area contributed by atoms with Crippen molar-refractivity contribution in [3.8, 4) is 11.5 Å². The number of ether oxygens (including phenoxy) is 4. The number of quaternary nitrogens is 1. The number of aliphatic hydroxyl groups is 1. The van der Waals surface area contributed by atoms with E-state index in [-0.39, 0.29) is 73.7 Å². The lowest BCUT2D eigenvalue weighted by atomic mass is 9.73. The minimum atomic E-state index is -1.99. The van der Waals surface area contributed by atoms with Gasteiger partial charge >= 0.3 is 11.8 Å². The molecule has 1 aromatic heterocycles. The number of carbonyl (C=O) groups excluding carboxylic acids is 3. The van der Waals surface area contributed by atoms with Gasteiger partial charge < -0.3 is 43.4 Å². The number of Topliss-reactive ketones (excluding diaryl/α,β-unsaturated/α-hetero) is 1. The van der Waals surface area contributed by atoms with Gasteiger partial charge in [-0.25, -0.2) is 4.98 Å². The Labute approximate surface area is 387 Å². The number of hydrogen-bond donors (Lipinski definition) is 3. The van der Waals surface area contributed by atoms with E-state index >= 15 is 0 Å². The predicted octanol–water partition coefficient (Wildman–Crippen LogP) is 8.69. The number of phenols is 1. The highest BCUT2D eigenvalue weighted by molar-refractivity contribution is 6.26. The van der Waals surface area contributed by atoms with E-state index in [4.69, 9.17) is 28.3 Å². The van der Waals surface area contributed by atoms with Crippen molar-refractivity contribution in [1.29, 1.82) is 0 Å². The zero-order valence-electron chi connectivity index (χ0n) is 40.9. The normalized spacial score (nSPS) is 28.6. The molecule has 2 aliphatic rings. The first-order valence-electron chi connectivity index (χ1n) is 23.0. The smallest absolute Gasteiger partial charge is 0.312 e. The summed E-state index contributed by atoms with van der Waals surface area (Å²) in [4.78, 5) is 60.7. The summed E-state index contributed by atoms with van der Waals surface area (Å²) in [6, 6.07) is 6.11. The summed E-state index contributed by atoms with van der Waals surface area (Å²) >= 11 is 0. The van der Waals surface area contributed by atoms with Crippen LogP contribution in [0.5, 0.6) is 11.5 Å². The van der Waals surface area contributed by atoms with Crippen LogP contribution in [0.2, 0.25) is 0 Å². The van der Waals surface area contributed by atoms with E-state index in [1.807, 2.05) is 52.8 Å². The third kappa shape index (κ3) is 9.50. The van der Waals surface area contributed by atoms with E-state index in [1.54, 1.807) is 31.2 Å². The van der Waals surface area contributed by atoms with E-state index in [2.05, 4.69) is 33.3 Å². The van der Waals surface area contributed by atoms with Gasteiger partial charge in [-0.05, 0) is 75.6 Å². The molecule has 0 unspecified atom stereocenters. The second-order valence-electron chi connectivity index (χ2n) is 19.6. The monoisotopic (exact) mass is 910 g/mol. The number of aromatic nitrogens is 1. The minimum Gasteiger partial charge on any atom is -0.505 e. The Kier molecular flexibility index (Phi) is 14.6. The summed E-state index contributed by atoms with van der Waals surface area (Å²) in [6.45, 7) is 20.9. The van der Waals surface area contributed by atoms with Crippen LogP contribution in [0.15, 0.2) is 63.6 Å². The molecule has 0 spiro atoms. The molecule has 4 bridgehead atoms. The van der Waals surface area contributed by atoms with Gasteiger partial charge in [-0.1, -0.05) is 58.9 Å². The molecular weight excluding hydrogens is 843 g/mol. The van der Waals surface area contributed by atoms with Crippen LogP contribution in [0.25, 0.3) is 33.0 Å². The Morgan fingerprint density at radius 2 is 1.70 bits per heavy atom. The summed E-state index contributed by atoms with van der Waals surface area (Å²) in [6.07, 6.45) is 7.53. The van der Waals surface area contributed by atoms with Crippen molar-refractivity contribution in [3.63, 3.8) is 0 Å². The van der Waals surface area contributed by atoms with E-state index in [0.29, 0.717) is 17.1 Å². The Morgan fingerprint density at radius 3 is 2.35 bits per heavy atom. The fraction of sp³-hybridized carbons (Fsp3) is 0.519. The SMILES string of the molecule is CO[C@H]1/C=C/O[C@@]2(C)Oc3c(C)c(=O)c4c(O)c(c5oc6cc(CCC[N+](C)(C)C(C)C)ccc6nc5c4c3C2=O)NC(=O)/C(C)=C\C=C\[C@H](C)[C@H](O)[C@@H](C)[C@@H](C)[C@@H](C)[C@H](OC(C)=O)[C@@H]1C. The second-order valence-corrected chi connectivity index (χ2v) is 19.6. The van der Waals surface area contributed by atoms with Gasteiger partial charge in [0.2, 0.25) is 0 Å². The number of aryl methyl sites for hydroxylation is 1. The third-order valence-electron chi connectivity index (χ3n) is 14.6. The van der Waals surface area contributed by atoms with Crippen LogP contribution in [0, 0.1) is 36.5 Å². The van der Waals surface area contributed by atoms with Crippen LogP contribution in [0.1, 0.15) is 97.1 Å². The molecule has 66 heavy (non-hydrogen) atoms. The number of nitrogens with zero attached hydrogens (tertiary/aromatic N) is 2. The number of allylic oxidation sites excluding steroid dienone is 2. The highest BCUT2D eigenvalue weighted by Gasteiger charge is 2.49. The molecule has 3 heterocycles. The Bertz CT molecular complexity index is 2700. The van der Waals surface area contributed by atoms with Crippen LogP contribution in [-0.2, 0) is 30.2 Å². The standard InChI is InChI=1S/C52H67N3O11/c1-26(2)55(12,13)23-16-19-35-20-21-36-38(25-35)65-49-42(53-36)39-40-45(58)33(9)48-41(39)50(60)52(11,66-48)63-24-22-37(62-14)32(8)47(64-34(10)56)31(7)29(5)30(6)44(57)27(3)17-15-18-28(4)51(61)54-43(49)46(40)59/h15,17-18,20-22,24-27,29-32,37,44,47,57H,16,19,23H2,1-14H3,(H-,53,54,58,59,60,61)/p+1/b17-15+,24-22+,28-18-/t27-,29+,30-,31+,32+,37-,44-,47-,52-/m0/s1. The van der Waals surface area contributed by atoms with Gasteiger partial charge in [-0.3, -0.25) is 19.2 Å². The second kappa shape index (κ2) is 19.3. The van der Waals surface area contributed by atoms with Crippen molar-refractivity contribution >= 4 is 56.3 Å². The average Bonchev–Trinajstić information content (AvgIpc) is 3.53. The maximum Gasteiger partial charge on any atom is 0.312 e. The molecule has 4 aromatic rings. The highest BCUT2D eigenvalue weighted by Crippen LogP contribution is 2.48. The molecule has 0 radical (unpaired) electrons. The first-order chi connectivity index (χ1) is 30.9. The van der Waals surface area contributed by atoms with Crippen molar-refractivity contribution in [3.05, 3.63) is 81.3 Å². The molecule has 0 aliphatic carbocycles. The molecule has 2 aliphatic heterocycles. The molecule has 3 aromatic carbocycles. The number of hydrogen-bond acceptors (Lipinski definition) is 12. The highest BCUT2D eigenvalue weighted by atomic mass is 16.7. The van der Waals surface area contributed by atoms with E-state index in [0.717, 1.165) is 29.4 Å². The zero-order valence-corrected chi connectivity index (χ0v) is 40.9. The summed E-state index contributed by atoms with van der Waals surface area (Å²) in [5, 5.41) is 26.3. The predicted molar refractivity (Wildman–Crippen MR) is 255 cm³/mol. The first-order valence-corrected chi connectivity index (χ1v) is 23.0. The largest absolute Gasteiger partial charge is 0.505 e. The Morgan fingerprint density at radius 1 is 1.00 bits per heavy atom. The van der Waals surface area contributed by atoms with Gasteiger partial charge in [0.05, 0.1) is 56.1 Å². The maximum absolute atomic E-state index is 14.8. The van der Waals surface area contributed by atoms with Gasteiger partial charge in [0.1, 0.15) is 28.6 Å². The maximum atomic E-state index is 14.8. The Balaban J connectivity index is 1.56. The van der Waals surface area contributed by atoms with Crippen LogP contribution in [0.4, 0.5) is 5.69 Å². The summed E-state index contributed by atoms with van der Waals surface area (Å²) < 4.78 is 31.7. The number of ketones is 1. The van der Waals surface area contributed by atoms with Crippen molar-refractivity contribution in [1.82, 2.24) is 4.98 Å². The molecule has 14 heteroatoms. The van der Waals surface area contributed by atoms with Crippen molar-refractivity contribution in [2.45, 2.75) is 119 Å². The number of rotatable bonds is 7. The van der Waals surface area contributed by atoms with Crippen LogP contribution in [0.3, 0.4) is 0 Å². The van der Waals surface area contributed by atoms with E-state index < -0.39 is 58.9 Å². The number of fused-ring (bicyclic) bond motifs is 2. The van der Waals surface area contributed by atoms with Crippen LogP contribution >= 0.6 is 0 Å². The molecule has 9 atom stereocenters. The van der Waals surface area contributed by atoms with Crippen molar-refractivity contribution in [2.24, 2.45) is 29.6 Å². The number of benzene rings is 3. The topological polar surface area (TPSA) is 184 Å². The zero-order chi connectivity index (χ0) is 48.7. The lowest BCUT2D eigenvalue weighted by Gasteiger charge is -2.39. The van der Waals surface area contributed by atoms with Crippen LogP contribution < -0.4 is 15.5 Å². The summed E-state index contributed by atoms with van der Waals surface area (Å²) in [7, 11) is 5.93. The molecule has 1 amide bonds. The minimum absolute atomic E-state index is 0.0158. The molecular formula is C52H68N3O11+. The number of carbonyl (C=O) groups is 3. The van der Waals surface area contributed by atoms with Crippen LogP contribution in [-0.4, -0.2) is 95.2 Å². The lowest BCUT2D eigenvalue weighted by molar-refractivity contribution is -0.911. The average molecular weight is 911 g/mol. The molecule has 6 rings (SSSR count). The van der Waals surface area contributed by atoms with Gasteiger partial charge in [-0.2, -0.15) is 0 Å². The molecule has 0 saturated carbocycles. The Hall–Kier alpha value is -5.57. The number of methoxy groups -OCH3 is 1. The third-order valence-corrected chi connectivity index (χ3v) is 14.6. The number of anilines is 1. The molecule has 356 valence electrons. The van der Waals surface area contributed by atoms with Crippen molar-refractivity contribution in [2.75, 3.05) is 33.1 Å². The summed E-state index contributed by atoms with van der Waals surface area (Å²) in [5.41, 5.74) is 1.14. The van der Waals surface area contributed by atoms with Gasteiger partial charge in [0.15, 0.2) is 22.3 Å². The quantitative estimate of drug-likeness (QED) is 0.0528. The molecule has 0 saturated heterocycles. The fourth-order valence-corrected chi connectivity index (χ4v) is 9.17. The number of nitrogens with one attached hydrogen (secondary N) is 1. The van der Waals surface area contributed by atoms with E-state index in [1.165, 1.54) is 34.1 Å². The lowest BCUT2D eigenvalue weighted by Crippen LogP contribution is -2.46. The number of aliphatic hydroxyl groups excluding tert-OH is 1. The first kappa shape index (κ1) is 49.9. The number of amides is 1. The number of esters is 1. The van der Waals surface area contributed by atoms with E-state index in [9.17, 15) is 29.4 Å². The van der Waals surface area contributed by atoms with Crippen molar-refractivity contribution < 1.29 is 52.4 Å². The summed E-state index contributed by atoms with van der Waals surface area (Å²) in [5.74, 6) is -5.77. The molecule has 14 nitrogen and oxygen atoms in total. The molecule has 0 fully saturated rings.